The van der Waals surface area contributed by atoms with Gasteiger partial charge in [-0.2, -0.15) is 4.68 Å². The third-order valence-electron chi connectivity index (χ3n) is 3.65. The van der Waals surface area contributed by atoms with Crippen molar-refractivity contribution in [3.8, 4) is 16.5 Å². The molecule has 2 heterocycles. The molecule has 0 aliphatic carbocycles. The Bertz CT molecular complexity index is 914. The SMILES string of the molecule is COc1ccccc1CN(C)C(=O)Cn1nc(-c2cccs2)oc1=O. The van der Waals surface area contributed by atoms with Crippen LogP contribution in [0, 0.1) is 0 Å². The first-order valence-electron chi connectivity index (χ1n) is 7.56. The van der Waals surface area contributed by atoms with E-state index in [2.05, 4.69) is 5.10 Å². The number of likely N-dealkylation sites (N-methyl/N-ethyl adjacent to an activating group) is 1. The fraction of sp³-hybridized carbons (Fsp3) is 0.235. The highest BCUT2D eigenvalue weighted by Crippen LogP contribution is 2.21. The monoisotopic (exact) mass is 359 g/mol. The summed E-state index contributed by atoms with van der Waals surface area (Å²) in [6, 6.07) is 11.1. The molecule has 1 aromatic carbocycles. The number of nitrogens with zero attached hydrogens (tertiary/aromatic N) is 3. The minimum absolute atomic E-state index is 0.181. The van der Waals surface area contributed by atoms with Crippen molar-refractivity contribution in [2.45, 2.75) is 13.1 Å². The van der Waals surface area contributed by atoms with Crippen molar-refractivity contribution in [2.24, 2.45) is 0 Å². The molecule has 0 saturated heterocycles. The average Bonchev–Trinajstić information content (AvgIpc) is 3.25. The largest absolute Gasteiger partial charge is 0.496 e. The molecule has 8 heteroatoms. The van der Waals surface area contributed by atoms with E-state index in [1.807, 2.05) is 35.7 Å². The summed E-state index contributed by atoms with van der Waals surface area (Å²) < 4.78 is 11.4. The van der Waals surface area contributed by atoms with Gasteiger partial charge in [0.05, 0.1) is 12.0 Å². The number of hydrogen-bond acceptors (Lipinski definition) is 6. The van der Waals surface area contributed by atoms with Crippen molar-refractivity contribution in [3.05, 3.63) is 57.9 Å². The molecule has 0 fully saturated rings. The quantitative estimate of drug-likeness (QED) is 0.674. The molecular weight excluding hydrogens is 342 g/mol. The Labute approximate surface area is 148 Å². The zero-order valence-corrected chi connectivity index (χ0v) is 14.7. The molecule has 2 aromatic heterocycles. The molecule has 0 N–H and O–H groups in total. The second-order valence-electron chi connectivity index (χ2n) is 5.37. The molecule has 0 unspecified atom stereocenters. The summed E-state index contributed by atoms with van der Waals surface area (Å²) in [5, 5.41) is 5.95. The van der Waals surface area contributed by atoms with Crippen molar-refractivity contribution in [2.75, 3.05) is 14.2 Å². The highest BCUT2D eigenvalue weighted by molar-refractivity contribution is 7.13. The zero-order valence-electron chi connectivity index (χ0n) is 13.8. The van der Waals surface area contributed by atoms with Gasteiger partial charge >= 0.3 is 5.76 Å². The summed E-state index contributed by atoms with van der Waals surface area (Å²) in [7, 11) is 3.25. The number of ether oxygens (including phenoxy) is 1. The van der Waals surface area contributed by atoms with Crippen LogP contribution in [-0.4, -0.2) is 34.7 Å². The summed E-state index contributed by atoms with van der Waals surface area (Å²) in [4.78, 5) is 26.6. The van der Waals surface area contributed by atoms with Gasteiger partial charge in [0.2, 0.25) is 5.91 Å². The van der Waals surface area contributed by atoms with Crippen LogP contribution in [0.15, 0.2) is 51.0 Å². The van der Waals surface area contributed by atoms with Crippen LogP contribution in [0.2, 0.25) is 0 Å². The van der Waals surface area contributed by atoms with Gasteiger partial charge in [-0.05, 0) is 17.5 Å². The van der Waals surface area contributed by atoms with Gasteiger partial charge in [-0.3, -0.25) is 4.79 Å². The molecule has 25 heavy (non-hydrogen) atoms. The fourth-order valence-electron chi connectivity index (χ4n) is 2.33. The molecule has 0 radical (unpaired) electrons. The van der Waals surface area contributed by atoms with Crippen LogP contribution in [0.3, 0.4) is 0 Å². The van der Waals surface area contributed by atoms with E-state index >= 15 is 0 Å². The number of benzene rings is 1. The maximum atomic E-state index is 12.4. The number of methoxy groups -OCH3 is 1. The van der Waals surface area contributed by atoms with E-state index in [0.717, 1.165) is 15.1 Å². The molecular formula is C17H17N3O4S. The van der Waals surface area contributed by atoms with E-state index in [0.29, 0.717) is 12.3 Å². The number of amides is 1. The van der Waals surface area contributed by atoms with Crippen LogP contribution in [0.1, 0.15) is 5.56 Å². The maximum Gasteiger partial charge on any atom is 0.437 e. The summed E-state index contributed by atoms with van der Waals surface area (Å²) >= 11 is 1.41. The van der Waals surface area contributed by atoms with Crippen molar-refractivity contribution < 1.29 is 13.9 Å². The van der Waals surface area contributed by atoms with Crippen molar-refractivity contribution in [1.29, 1.82) is 0 Å². The second-order valence-corrected chi connectivity index (χ2v) is 6.32. The molecule has 0 aliphatic rings. The Kier molecular flexibility index (Phi) is 4.99. The van der Waals surface area contributed by atoms with Gasteiger partial charge in [-0.1, -0.05) is 24.3 Å². The van der Waals surface area contributed by atoms with Gasteiger partial charge in [0.1, 0.15) is 12.3 Å². The third-order valence-corrected chi connectivity index (χ3v) is 4.51. The first-order valence-corrected chi connectivity index (χ1v) is 8.44. The Balaban J connectivity index is 1.71. The molecule has 1 amide bonds. The number of para-hydroxylation sites is 1. The smallest absolute Gasteiger partial charge is 0.437 e. The van der Waals surface area contributed by atoms with Gasteiger partial charge in [0, 0.05) is 19.2 Å². The number of rotatable bonds is 6. The predicted octanol–water partition coefficient (Wildman–Crippen LogP) is 2.23. The highest BCUT2D eigenvalue weighted by Gasteiger charge is 2.17. The summed E-state index contributed by atoms with van der Waals surface area (Å²) in [6.07, 6.45) is 0. The lowest BCUT2D eigenvalue weighted by atomic mass is 10.2. The van der Waals surface area contributed by atoms with Crippen LogP contribution in [-0.2, 0) is 17.9 Å². The van der Waals surface area contributed by atoms with Crippen LogP contribution in [0.25, 0.3) is 10.8 Å². The molecule has 3 rings (SSSR count). The topological polar surface area (TPSA) is 77.6 Å². The van der Waals surface area contributed by atoms with E-state index in [1.54, 1.807) is 20.2 Å². The number of thiophene rings is 1. The summed E-state index contributed by atoms with van der Waals surface area (Å²) in [6.45, 7) is 0.187. The lowest BCUT2D eigenvalue weighted by Crippen LogP contribution is -2.33. The van der Waals surface area contributed by atoms with Gasteiger partial charge in [0.25, 0.3) is 5.89 Å². The standard InChI is InChI=1S/C17H17N3O4S/c1-19(10-12-6-3-4-7-13(12)23-2)15(21)11-20-17(22)24-16(18-20)14-8-5-9-25-14/h3-9H,10-11H2,1-2H3. The molecule has 3 aromatic rings. The first-order chi connectivity index (χ1) is 12.1. The van der Waals surface area contributed by atoms with Gasteiger partial charge in [0.15, 0.2) is 0 Å². The van der Waals surface area contributed by atoms with E-state index in [9.17, 15) is 9.59 Å². The van der Waals surface area contributed by atoms with Gasteiger partial charge in [-0.15, -0.1) is 16.4 Å². The zero-order chi connectivity index (χ0) is 17.8. The van der Waals surface area contributed by atoms with Crippen molar-refractivity contribution in [1.82, 2.24) is 14.7 Å². The Hall–Kier alpha value is -2.87. The Morgan fingerprint density at radius 3 is 2.84 bits per heavy atom. The molecule has 0 saturated carbocycles. The molecule has 0 bridgehead atoms. The maximum absolute atomic E-state index is 12.4. The van der Waals surface area contributed by atoms with Gasteiger partial charge < -0.3 is 14.1 Å². The fourth-order valence-corrected chi connectivity index (χ4v) is 2.98. The molecule has 0 spiro atoms. The molecule has 7 nitrogen and oxygen atoms in total. The normalized spacial score (nSPS) is 10.6. The van der Waals surface area contributed by atoms with Crippen LogP contribution >= 0.6 is 11.3 Å². The van der Waals surface area contributed by atoms with Crippen LogP contribution in [0.4, 0.5) is 0 Å². The number of aromatic nitrogens is 2. The Morgan fingerprint density at radius 1 is 1.32 bits per heavy atom. The van der Waals surface area contributed by atoms with Crippen molar-refractivity contribution >= 4 is 17.2 Å². The summed E-state index contributed by atoms with van der Waals surface area (Å²) in [5.74, 6) is 0.0300. The highest BCUT2D eigenvalue weighted by atomic mass is 32.1. The minimum atomic E-state index is -0.651. The lowest BCUT2D eigenvalue weighted by molar-refractivity contribution is -0.131. The van der Waals surface area contributed by atoms with E-state index in [-0.39, 0.29) is 18.3 Å². The lowest BCUT2D eigenvalue weighted by Gasteiger charge is -2.18. The van der Waals surface area contributed by atoms with E-state index < -0.39 is 5.76 Å². The van der Waals surface area contributed by atoms with E-state index in [4.69, 9.17) is 9.15 Å². The Morgan fingerprint density at radius 2 is 2.12 bits per heavy atom. The third kappa shape index (κ3) is 3.80. The van der Waals surface area contributed by atoms with Crippen molar-refractivity contribution in [3.63, 3.8) is 0 Å². The molecule has 0 atom stereocenters. The second kappa shape index (κ2) is 7.35. The summed E-state index contributed by atoms with van der Waals surface area (Å²) in [5.41, 5.74) is 0.882. The van der Waals surface area contributed by atoms with Crippen LogP contribution < -0.4 is 10.5 Å². The molecule has 130 valence electrons. The average molecular weight is 359 g/mol. The number of carbonyl (C=O) groups excluding carboxylic acids is 1. The van der Waals surface area contributed by atoms with Gasteiger partial charge in [-0.25, -0.2) is 4.79 Å². The van der Waals surface area contributed by atoms with E-state index in [1.165, 1.54) is 16.2 Å². The number of carbonyl (C=O) groups is 1. The minimum Gasteiger partial charge on any atom is -0.496 e. The molecule has 0 aliphatic heterocycles. The first kappa shape index (κ1) is 17.0. The predicted molar refractivity (Wildman–Crippen MR) is 93.5 cm³/mol. The van der Waals surface area contributed by atoms with Crippen LogP contribution in [0.5, 0.6) is 5.75 Å². The number of hydrogen-bond donors (Lipinski definition) is 0.